The fourth-order valence-corrected chi connectivity index (χ4v) is 5.09. The number of phenolic OH excluding ortho intramolecular Hbond substituents is 1. The van der Waals surface area contributed by atoms with Gasteiger partial charge in [-0.25, -0.2) is 9.97 Å². The summed E-state index contributed by atoms with van der Waals surface area (Å²) < 4.78 is 8.14. The SMILES string of the molecule is O=c1c2c(nc(-c3ccc(O)cc3C3CC3)n1Cc1cnco1)sc1ccccc12. The Morgan fingerprint density at radius 2 is 2.07 bits per heavy atom. The number of fused-ring (bicyclic) bond motifs is 3. The van der Waals surface area contributed by atoms with Crippen molar-refractivity contribution < 1.29 is 9.52 Å². The van der Waals surface area contributed by atoms with Crippen molar-refractivity contribution in [3.8, 4) is 17.1 Å². The molecule has 0 radical (unpaired) electrons. The van der Waals surface area contributed by atoms with Gasteiger partial charge in [-0.05, 0) is 48.6 Å². The van der Waals surface area contributed by atoms with Crippen LogP contribution in [0.4, 0.5) is 0 Å². The fourth-order valence-electron chi connectivity index (χ4n) is 4.02. The Kier molecular flexibility index (Phi) is 3.79. The minimum absolute atomic E-state index is 0.0985. The van der Waals surface area contributed by atoms with Gasteiger partial charge in [0.1, 0.15) is 22.2 Å². The maximum atomic E-state index is 13.7. The van der Waals surface area contributed by atoms with Gasteiger partial charge in [0.15, 0.2) is 6.39 Å². The van der Waals surface area contributed by atoms with Gasteiger partial charge in [0.25, 0.3) is 5.56 Å². The van der Waals surface area contributed by atoms with E-state index >= 15 is 0 Å². The Hall–Kier alpha value is -3.45. The van der Waals surface area contributed by atoms with Crippen molar-refractivity contribution in [2.75, 3.05) is 0 Å². The Balaban J connectivity index is 1.68. The summed E-state index contributed by atoms with van der Waals surface area (Å²) in [6.07, 6.45) is 5.13. The highest BCUT2D eigenvalue weighted by molar-refractivity contribution is 7.25. The van der Waals surface area contributed by atoms with Crippen LogP contribution in [0.1, 0.15) is 30.1 Å². The van der Waals surface area contributed by atoms with Crippen LogP contribution in [-0.2, 0) is 6.54 Å². The number of oxazole rings is 1. The molecule has 3 heterocycles. The molecule has 5 aromatic rings. The second-order valence-electron chi connectivity index (χ2n) is 7.62. The minimum atomic E-state index is -0.0985. The van der Waals surface area contributed by atoms with Gasteiger partial charge < -0.3 is 9.52 Å². The van der Waals surface area contributed by atoms with E-state index in [2.05, 4.69) is 4.98 Å². The lowest BCUT2D eigenvalue weighted by atomic mass is 10.0. The molecule has 7 heteroatoms. The molecule has 0 spiro atoms. The third kappa shape index (κ3) is 2.74. The van der Waals surface area contributed by atoms with Crippen LogP contribution in [0.2, 0.25) is 0 Å². The van der Waals surface area contributed by atoms with E-state index in [1.54, 1.807) is 22.9 Å². The molecule has 0 amide bonds. The van der Waals surface area contributed by atoms with Crippen LogP contribution in [0, 0.1) is 0 Å². The van der Waals surface area contributed by atoms with Gasteiger partial charge in [0.2, 0.25) is 0 Å². The molecule has 0 saturated heterocycles. The summed E-state index contributed by atoms with van der Waals surface area (Å²) in [5.74, 6) is 1.80. The largest absolute Gasteiger partial charge is 0.508 e. The van der Waals surface area contributed by atoms with Crippen LogP contribution >= 0.6 is 11.3 Å². The topological polar surface area (TPSA) is 81.1 Å². The Morgan fingerprint density at radius 3 is 2.87 bits per heavy atom. The molecule has 1 aliphatic carbocycles. The number of rotatable bonds is 4. The average molecular weight is 415 g/mol. The summed E-state index contributed by atoms with van der Waals surface area (Å²) in [6.45, 7) is 0.242. The van der Waals surface area contributed by atoms with Gasteiger partial charge >= 0.3 is 0 Å². The van der Waals surface area contributed by atoms with Gasteiger partial charge in [-0.1, -0.05) is 18.2 Å². The first-order chi connectivity index (χ1) is 14.7. The lowest BCUT2D eigenvalue weighted by molar-refractivity contribution is 0.474. The number of nitrogens with zero attached hydrogens (tertiary/aromatic N) is 3. The molecule has 0 unspecified atom stereocenters. The number of hydrogen-bond acceptors (Lipinski definition) is 6. The number of thiophene rings is 1. The third-order valence-electron chi connectivity index (χ3n) is 5.59. The molecular formula is C23H17N3O3S. The van der Waals surface area contributed by atoms with Crippen LogP contribution < -0.4 is 5.56 Å². The van der Waals surface area contributed by atoms with Crippen LogP contribution in [0.5, 0.6) is 5.75 Å². The molecule has 148 valence electrons. The van der Waals surface area contributed by atoms with Gasteiger partial charge in [0, 0.05) is 15.6 Å². The van der Waals surface area contributed by atoms with Crippen molar-refractivity contribution in [2.45, 2.75) is 25.3 Å². The maximum absolute atomic E-state index is 13.7. The van der Waals surface area contributed by atoms with Crippen LogP contribution in [0.3, 0.4) is 0 Å². The van der Waals surface area contributed by atoms with Gasteiger partial charge in [-0.15, -0.1) is 11.3 Å². The molecule has 1 fully saturated rings. The van der Waals surface area contributed by atoms with Crippen molar-refractivity contribution in [3.63, 3.8) is 0 Å². The summed E-state index contributed by atoms with van der Waals surface area (Å²) in [5.41, 5.74) is 1.82. The van der Waals surface area contributed by atoms with E-state index in [1.165, 1.54) is 17.7 Å². The zero-order valence-electron chi connectivity index (χ0n) is 15.9. The number of hydrogen-bond donors (Lipinski definition) is 1. The Morgan fingerprint density at radius 1 is 1.20 bits per heavy atom. The molecule has 3 aromatic heterocycles. The van der Waals surface area contributed by atoms with Crippen LogP contribution in [-0.4, -0.2) is 19.6 Å². The number of aromatic hydroxyl groups is 1. The van der Waals surface area contributed by atoms with Gasteiger partial charge in [-0.3, -0.25) is 9.36 Å². The van der Waals surface area contributed by atoms with Crippen LogP contribution in [0.15, 0.2) is 64.3 Å². The molecule has 6 nitrogen and oxygen atoms in total. The highest BCUT2D eigenvalue weighted by atomic mass is 32.1. The quantitative estimate of drug-likeness (QED) is 0.452. The Bertz CT molecular complexity index is 1460. The molecule has 6 rings (SSSR count). The fraction of sp³-hybridized carbons (Fsp3) is 0.174. The number of phenols is 1. The monoisotopic (exact) mass is 415 g/mol. The average Bonchev–Trinajstić information content (AvgIpc) is 3.34. The molecule has 30 heavy (non-hydrogen) atoms. The molecular weight excluding hydrogens is 398 g/mol. The molecule has 1 N–H and O–H groups in total. The van der Waals surface area contributed by atoms with E-state index in [0.717, 1.165) is 38.9 Å². The summed E-state index contributed by atoms with van der Waals surface area (Å²) in [7, 11) is 0. The van der Waals surface area contributed by atoms with E-state index < -0.39 is 0 Å². The summed E-state index contributed by atoms with van der Waals surface area (Å²) in [4.78, 5) is 23.4. The second kappa shape index (κ2) is 6.53. The summed E-state index contributed by atoms with van der Waals surface area (Å²) in [6, 6.07) is 13.2. The van der Waals surface area contributed by atoms with E-state index in [9.17, 15) is 9.90 Å². The van der Waals surface area contributed by atoms with Gasteiger partial charge in [0.05, 0.1) is 18.1 Å². The molecule has 1 saturated carbocycles. The summed E-state index contributed by atoms with van der Waals surface area (Å²) in [5, 5.41) is 11.6. The lowest BCUT2D eigenvalue weighted by Crippen LogP contribution is -2.24. The number of aromatic nitrogens is 3. The highest BCUT2D eigenvalue weighted by Gasteiger charge is 2.29. The number of benzene rings is 2. The molecule has 0 atom stereocenters. The van der Waals surface area contributed by atoms with Crippen molar-refractivity contribution in [1.29, 1.82) is 0 Å². The van der Waals surface area contributed by atoms with Crippen LogP contribution in [0.25, 0.3) is 31.7 Å². The van der Waals surface area contributed by atoms with Crippen molar-refractivity contribution in [1.82, 2.24) is 14.5 Å². The zero-order valence-corrected chi connectivity index (χ0v) is 16.7. The molecule has 0 aliphatic heterocycles. The minimum Gasteiger partial charge on any atom is -0.508 e. The predicted octanol–water partition coefficient (Wildman–Crippen LogP) is 4.90. The van der Waals surface area contributed by atoms with E-state index in [4.69, 9.17) is 9.40 Å². The Labute approximate surface area is 175 Å². The van der Waals surface area contributed by atoms with Crippen molar-refractivity contribution in [2.24, 2.45) is 0 Å². The maximum Gasteiger partial charge on any atom is 0.263 e. The highest BCUT2D eigenvalue weighted by Crippen LogP contribution is 2.45. The first-order valence-corrected chi connectivity index (χ1v) is 10.6. The standard InChI is InChI=1S/C23H17N3O3S/c27-14-7-8-16(18(9-14)13-5-6-13)21-25-22-20(17-3-1-2-4-19(17)30-22)23(28)26(21)11-15-10-24-12-29-15/h1-4,7-10,12-13,27H,5-6,11H2. The third-order valence-corrected chi connectivity index (χ3v) is 6.65. The van der Waals surface area contributed by atoms with Gasteiger partial charge in [-0.2, -0.15) is 0 Å². The zero-order chi connectivity index (χ0) is 20.2. The first-order valence-electron chi connectivity index (χ1n) is 9.82. The van der Waals surface area contributed by atoms with E-state index in [1.807, 2.05) is 30.3 Å². The molecule has 2 aromatic carbocycles. The second-order valence-corrected chi connectivity index (χ2v) is 8.65. The smallest absolute Gasteiger partial charge is 0.263 e. The first kappa shape index (κ1) is 17.4. The summed E-state index contributed by atoms with van der Waals surface area (Å²) >= 11 is 1.52. The van der Waals surface area contributed by atoms with Crippen molar-refractivity contribution >= 4 is 31.6 Å². The van der Waals surface area contributed by atoms with Crippen molar-refractivity contribution in [3.05, 3.63) is 76.7 Å². The van der Waals surface area contributed by atoms with E-state index in [0.29, 0.717) is 22.9 Å². The normalized spacial score (nSPS) is 14.0. The predicted molar refractivity (Wildman–Crippen MR) is 116 cm³/mol. The molecule has 0 bridgehead atoms. The molecule has 1 aliphatic rings. The lowest BCUT2D eigenvalue weighted by Gasteiger charge is -2.15. The van der Waals surface area contributed by atoms with E-state index in [-0.39, 0.29) is 17.9 Å².